The fraction of sp³-hybridized carbons (Fsp3) is 0.933. The molecule has 0 saturated carbocycles. The highest BCUT2D eigenvalue weighted by atomic mass is 16.2. The average molecular weight is 284 g/mol. The van der Waals surface area contributed by atoms with Crippen LogP contribution in [0.4, 0.5) is 0 Å². The average Bonchev–Trinajstić information content (AvgIpc) is 2.63. The summed E-state index contributed by atoms with van der Waals surface area (Å²) in [4.78, 5) is 17.0. The monoisotopic (exact) mass is 284 g/mol. The van der Waals surface area contributed by atoms with E-state index in [1.165, 1.54) is 0 Å². The summed E-state index contributed by atoms with van der Waals surface area (Å²) >= 11 is 0. The largest absolute Gasteiger partial charge is 0.350 e. The molecule has 5 nitrogen and oxygen atoms in total. The Morgan fingerprint density at radius 2 is 2.00 bits per heavy atom. The van der Waals surface area contributed by atoms with Crippen LogP contribution >= 0.6 is 0 Å². The topological polar surface area (TPSA) is 61.6 Å². The summed E-state index contributed by atoms with van der Waals surface area (Å²) in [5, 5.41) is 3.15. The minimum absolute atomic E-state index is 0.0568. The van der Waals surface area contributed by atoms with Gasteiger partial charge in [-0.25, -0.2) is 0 Å². The van der Waals surface area contributed by atoms with Crippen molar-refractivity contribution in [1.29, 1.82) is 0 Å². The van der Waals surface area contributed by atoms with E-state index in [4.69, 9.17) is 5.73 Å². The summed E-state index contributed by atoms with van der Waals surface area (Å²) in [6, 6.07) is -0.0568. The molecule has 0 aromatic rings. The zero-order valence-corrected chi connectivity index (χ0v) is 13.6. The minimum atomic E-state index is -0.122. The van der Waals surface area contributed by atoms with Gasteiger partial charge in [-0.15, -0.1) is 0 Å². The highest BCUT2D eigenvalue weighted by Gasteiger charge is 2.27. The van der Waals surface area contributed by atoms with E-state index in [0.717, 1.165) is 45.6 Å². The predicted octanol–water partition coefficient (Wildman–Crippen LogP) is 0.646. The molecule has 1 rings (SSSR count). The number of hydrogen-bond donors (Lipinski definition) is 2. The quantitative estimate of drug-likeness (QED) is 0.752. The van der Waals surface area contributed by atoms with E-state index in [1.807, 2.05) is 6.92 Å². The number of rotatable bonds is 6. The highest BCUT2D eigenvalue weighted by molar-refractivity contribution is 5.82. The number of carbonyl (C=O) groups is 1. The van der Waals surface area contributed by atoms with Gasteiger partial charge in [-0.2, -0.15) is 0 Å². The Bertz CT molecular complexity index is 306. The molecule has 0 aromatic heterocycles. The molecular weight excluding hydrogens is 252 g/mol. The molecule has 0 spiro atoms. The zero-order chi connectivity index (χ0) is 15.2. The van der Waals surface area contributed by atoms with Gasteiger partial charge >= 0.3 is 0 Å². The van der Waals surface area contributed by atoms with E-state index in [9.17, 15) is 4.79 Å². The fourth-order valence-electron chi connectivity index (χ4n) is 2.48. The molecule has 1 unspecified atom stereocenters. The van der Waals surface area contributed by atoms with E-state index in [-0.39, 0.29) is 17.5 Å². The van der Waals surface area contributed by atoms with Gasteiger partial charge in [-0.05, 0) is 40.2 Å². The first-order chi connectivity index (χ1) is 9.39. The van der Waals surface area contributed by atoms with Crippen molar-refractivity contribution in [2.24, 2.45) is 5.73 Å². The molecule has 118 valence electrons. The van der Waals surface area contributed by atoms with Crippen molar-refractivity contribution in [3.8, 4) is 0 Å². The van der Waals surface area contributed by atoms with Crippen molar-refractivity contribution in [3.63, 3.8) is 0 Å². The molecule has 0 aromatic carbocycles. The first-order valence-electron chi connectivity index (χ1n) is 7.88. The third-order valence-electron chi connectivity index (χ3n) is 4.34. The van der Waals surface area contributed by atoms with Crippen LogP contribution in [0.2, 0.25) is 0 Å². The Morgan fingerprint density at radius 3 is 2.60 bits per heavy atom. The van der Waals surface area contributed by atoms with E-state index in [1.54, 1.807) is 0 Å². The molecule has 1 aliphatic rings. The molecule has 20 heavy (non-hydrogen) atoms. The first kappa shape index (κ1) is 17.4. The Morgan fingerprint density at radius 1 is 1.30 bits per heavy atom. The number of carbonyl (C=O) groups excluding carboxylic acids is 1. The van der Waals surface area contributed by atoms with Crippen molar-refractivity contribution < 1.29 is 4.79 Å². The van der Waals surface area contributed by atoms with E-state index < -0.39 is 0 Å². The standard InChI is InChI=1S/C15H32N4O/c1-5-15(3,4)17-14(20)13(2)19-9-6-8-18(10-7-16)11-12-19/h13H,5-12,16H2,1-4H3,(H,17,20). The maximum absolute atomic E-state index is 12.3. The van der Waals surface area contributed by atoms with Crippen LogP contribution in [0, 0.1) is 0 Å². The molecule has 1 amide bonds. The SMILES string of the molecule is CCC(C)(C)NC(=O)C(C)N1CCCN(CCN)CC1. The van der Waals surface area contributed by atoms with E-state index >= 15 is 0 Å². The maximum atomic E-state index is 12.3. The lowest BCUT2D eigenvalue weighted by molar-refractivity contribution is -0.127. The molecule has 1 saturated heterocycles. The van der Waals surface area contributed by atoms with E-state index in [2.05, 4.69) is 35.9 Å². The number of nitrogens with one attached hydrogen (secondary N) is 1. The molecule has 1 aliphatic heterocycles. The van der Waals surface area contributed by atoms with Crippen LogP contribution in [0.3, 0.4) is 0 Å². The summed E-state index contributed by atoms with van der Waals surface area (Å²) in [5.41, 5.74) is 5.50. The maximum Gasteiger partial charge on any atom is 0.237 e. The van der Waals surface area contributed by atoms with Crippen molar-refractivity contribution >= 4 is 5.91 Å². The lowest BCUT2D eigenvalue weighted by atomic mass is 10.0. The molecule has 5 heteroatoms. The normalized spacial score (nSPS) is 20.4. The van der Waals surface area contributed by atoms with Crippen molar-refractivity contribution in [2.45, 2.75) is 52.1 Å². The molecule has 1 atom stereocenters. The zero-order valence-electron chi connectivity index (χ0n) is 13.6. The van der Waals surface area contributed by atoms with Gasteiger partial charge in [0.2, 0.25) is 5.91 Å². The summed E-state index contributed by atoms with van der Waals surface area (Å²) in [5.74, 6) is 0.143. The second-order valence-corrected chi connectivity index (χ2v) is 6.42. The fourth-order valence-corrected chi connectivity index (χ4v) is 2.48. The van der Waals surface area contributed by atoms with Gasteiger partial charge in [0.1, 0.15) is 0 Å². The second kappa shape index (κ2) is 7.96. The summed E-state index contributed by atoms with van der Waals surface area (Å²) in [6.07, 6.45) is 2.05. The third-order valence-corrected chi connectivity index (χ3v) is 4.34. The van der Waals surface area contributed by atoms with Crippen LogP contribution < -0.4 is 11.1 Å². The van der Waals surface area contributed by atoms with Gasteiger partial charge in [0.15, 0.2) is 0 Å². The lowest BCUT2D eigenvalue weighted by Gasteiger charge is -2.31. The van der Waals surface area contributed by atoms with Gasteiger partial charge in [-0.1, -0.05) is 6.92 Å². The second-order valence-electron chi connectivity index (χ2n) is 6.42. The van der Waals surface area contributed by atoms with Crippen LogP contribution in [0.15, 0.2) is 0 Å². The summed E-state index contributed by atoms with van der Waals surface area (Å²) in [6.45, 7) is 13.9. The number of amides is 1. The number of nitrogens with zero attached hydrogens (tertiary/aromatic N) is 2. The molecular formula is C15H32N4O. The van der Waals surface area contributed by atoms with Crippen molar-refractivity contribution in [2.75, 3.05) is 39.3 Å². The van der Waals surface area contributed by atoms with Gasteiger partial charge in [0.25, 0.3) is 0 Å². The van der Waals surface area contributed by atoms with Gasteiger partial charge in [0, 0.05) is 38.3 Å². The number of nitrogens with two attached hydrogens (primary N) is 1. The van der Waals surface area contributed by atoms with Gasteiger partial charge in [0.05, 0.1) is 6.04 Å². The molecule has 0 radical (unpaired) electrons. The smallest absolute Gasteiger partial charge is 0.237 e. The van der Waals surface area contributed by atoms with Crippen LogP contribution in [-0.4, -0.2) is 66.6 Å². The van der Waals surface area contributed by atoms with Crippen LogP contribution in [-0.2, 0) is 4.79 Å². The molecule has 0 aliphatic carbocycles. The lowest BCUT2D eigenvalue weighted by Crippen LogP contribution is -2.52. The number of hydrogen-bond acceptors (Lipinski definition) is 4. The summed E-state index contributed by atoms with van der Waals surface area (Å²) in [7, 11) is 0. The van der Waals surface area contributed by atoms with Gasteiger partial charge in [-0.3, -0.25) is 9.69 Å². The molecule has 3 N–H and O–H groups in total. The molecule has 1 heterocycles. The van der Waals surface area contributed by atoms with Crippen molar-refractivity contribution in [1.82, 2.24) is 15.1 Å². The van der Waals surface area contributed by atoms with E-state index in [0.29, 0.717) is 6.54 Å². The van der Waals surface area contributed by atoms with Crippen LogP contribution in [0.25, 0.3) is 0 Å². The highest BCUT2D eigenvalue weighted by Crippen LogP contribution is 2.11. The Hall–Kier alpha value is -0.650. The van der Waals surface area contributed by atoms with Crippen molar-refractivity contribution in [3.05, 3.63) is 0 Å². The Labute approximate surface area is 123 Å². The third kappa shape index (κ3) is 5.38. The molecule has 1 fully saturated rings. The predicted molar refractivity (Wildman–Crippen MR) is 83.7 cm³/mol. The van der Waals surface area contributed by atoms with Crippen LogP contribution in [0.1, 0.15) is 40.5 Å². The Balaban J connectivity index is 2.50. The Kier molecular flexibility index (Phi) is 6.92. The van der Waals surface area contributed by atoms with Crippen LogP contribution in [0.5, 0.6) is 0 Å². The minimum Gasteiger partial charge on any atom is -0.350 e. The summed E-state index contributed by atoms with van der Waals surface area (Å²) < 4.78 is 0. The molecule has 0 bridgehead atoms. The van der Waals surface area contributed by atoms with Gasteiger partial charge < -0.3 is 16.0 Å². The first-order valence-corrected chi connectivity index (χ1v) is 7.88.